The second kappa shape index (κ2) is 6.89. The van der Waals surface area contributed by atoms with E-state index in [4.69, 9.17) is 0 Å². The van der Waals surface area contributed by atoms with Gasteiger partial charge in [0.1, 0.15) is 5.78 Å². The Morgan fingerprint density at radius 2 is 1.77 bits per heavy atom. The maximum Gasteiger partial charge on any atom is 0.138 e. The Morgan fingerprint density at radius 3 is 2.50 bits per heavy atom. The smallest absolute Gasteiger partial charge is 0.138 e. The maximum atomic E-state index is 12.4. The van der Waals surface area contributed by atoms with Gasteiger partial charge in [-0.15, -0.1) is 0 Å². The second-order valence-corrected chi connectivity index (χ2v) is 6.28. The van der Waals surface area contributed by atoms with Crippen molar-refractivity contribution in [1.82, 2.24) is 5.32 Å². The lowest BCUT2D eigenvalue weighted by molar-refractivity contribution is -0.118. The fraction of sp³-hybridized carbons (Fsp3) is 0.350. The van der Waals surface area contributed by atoms with Gasteiger partial charge in [0.05, 0.1) is 0 Å². The third-order valence-electron chi connectivity index (χ3n) is 4.43. The van der Waals surface area contributed by atoms with Crippen molar-refractivity contribution in [3.8, 4) is 11.1 Å². The standard InChI is InChI=1S/C20H23NO/c1-15-11-12-18(21-15)14-19(22)13-17-9-5-6-10-20(17)16-7-3-2-4-8-16/h2-10,15,18,21H,11-14H2,1H3. The average Bonchev–Trinajstić information content (AvgIpc) is 2.93. The average molecular weight is 293 g/mol. The molecule has 0 spiro atoms. The van der Waals surface area contributed by atoms with Crippen LogP contribution in [0, 0.1) is 0 Å². The zero-order valence-electron chi connectivity index (χ0n) is 13.1. The van der Waals surface area contributed by atoms with Crippen molar-refractivity contribution < 1.29 is 4.79 Å². The summed E-state index contributed by atoms with van der Waals surface area (Å²) in [5.41, 5.74) is 3.48. The molecule has 2 heteroatoms. The lowest BCUT2D eigenvalue weighted by atomic mass is 9.94. The summed E-state index contributed by atoms with van der Waals surface area (Å²) in [6.07, 6.45) is 3.47. The first-order valence-electron chi connectivity index (χ1n) is 8.13. The third kappa shape index (κ3) is 3.63. The number of benzene rings is 2. The van der Waals surface area contributed by atoms with Gasteiger partial charge in [-0.25, -0.2) is 0 Å². The van der Waals surface area contributed by atoms with Crippen molar-refractivity contribution in [3.63, 3.8) is 0 Å². The maximum absolute atomic E-state index is 12.4. The number of ketones is 1. The molecule has 1 aliphatic heterocycles. The highest BCUT2D eigenvalue weighted by molar-refractivity contribution is 5.84. The number of Topliss-reactive ketones (excluding diaryl/α,β-unsaturated/α-hetero) is 1. The summed E-state index contributed by atoms with van der Waals surface area (Å²) in [5, 5.41) is 3.50. The molecule has 2 nitrogen and oxygen atoms in total. The van der Waals surface area contributed by atoms with E-state index in [1.165, 1.54) is 17.5 Å². The minimum absolute atomic E-state index is 0.329. The Balaban J connectivity index is 1.71. The van der Waals surface area contributed by atoms with E-state index in [1.807, 2.05) is 30.3 Å². The largest absolute Gasteiger partial charge is 0.311 e. The van der Waals surface area contributed by atoms with Crippen LogP contribution < -0.4 is 5.32 Å². The number of hydrogen-bond acceptors (Lipinski definition) is 2. The predicted octanol–water partition coefficient (Wildman–Crippen LogP) is 4.00. The van der Waals surface area contributed by atoms with Crippen LogP contribution >= 0.6 is 0 Å². The van der Waals surface area contributed by atoms with Gasteiger partial charge in [-0.1, -0.05) is 54.6 Å². The molecule has 1 saturated heterocycles. The van der Waals surface area contributed by atoms with Crippen molar-refractivity contribution in [2.24, 2.45) is 0 Å². The first-order valence-corrected chi connectivity index (χ1v) is 8.13. The lowest BCUT2D eigenvalue weighted by Crippen LogP contribution is -2.29. The molecule has 0 aliphatic carbocycles. The molecular weight excluding hydrogens is 270 g/mol. The van der Waals surface area contributed by atoms with Crippen LogP contribution in [0.25, 0.3) is 11.1 Å². The Hall–Kier alpha value is -1.93. The molecule has 114 valence electrons. The Kier molecular flexibility index (Phi) is 4.69. The molecule has 0 bridgehead atoms. The SMILES string of the molecule is CC1CCC(CC(=O)Cc2ccccc2-c2ccccc2)N1. The van der Waals surface area contributed by atoms with Crippen molar-refractivity contribution in [1.29, 1.82) is 0 Å². The zero-order chi connectivity index (χ0) is 15.4. The van der Waals surface area contributed by atoms with E-state index in [9.17, 15) is 4.79 Å². The zero-order valence-corrected chi connectivity index (χ0v) is 13.1. The number of carbonyl (C=O) groups excluding carboxylic acids is 1. The van der Waals surface area contributed by atoms with E-state index in [-0.39, 0.29) is 0 Å². The number of carbonyl (C=O) groups is 1. The summed E-state index contributed by atoms with van der Waals surface area (Å²) >= 11 is 0. The van der Waals surface area contributed by atoms with Crippen LogP contribution in [-0.4, -0.2) is 17.9 Å². The first kappa shape index (κ1) is 15.0. The minimum atomic E-state index is 0.329. The van der Waals surface area contributed by atoms with E-state index < -0.39 is 0 Å². The molecule has 1 heterocycles. The first-order chi connectivity index (χ1) is 10.7. The fourth-order valence-electron chi connectivity index (χ4n) is 3.31. The third-order valence-corrected chi connectivity index (χ3v) is 4.43. The molecule has 2 aromatic rings. The van der Waals surface area contributed by atoms with E-state index in [2.05, 4.69) is 36.5 Å². The summed E-state index contributed by atoms with van der Waals surface area (Å²) in [4.78, 5) is 12.4. The molecule has 0 aromatic heterocycles. The van der Waals surface area contributed by atoms with Crippen LogP contribution in [0.4, 0.5) is 0 Å². The summed E-state index contributed by atoms with van der Waals surface area (Å²) in [6.45, 7) is 2.19. The Morgan fingerprint density at radius 1 is 1.05 bits per heavy atom. The van der Waals surface area contributed by atoms with Gasteiger partial charge in [-0.05, 0) is 36.5 Å². The quantitative estimate of drug-likeness (QED) is 0.903. The Bertz CT molecular complexity index is 635. The van der Waals surface area contributed by atoms with Gasteiger partial charge >= 0.3 is 0 Å². The van der Waals surface area contributed by atoms with Crippen LogP contribution in [0.2, 0.25) is 0 Å². The van der Waals surface area contributed by atoms with Gasteiger partial charge in [-0.3, -0.25) is 4.79 Å². The normalized spacial score (nSPS) is 21.0. The number of hydrogen-bond donors (Lipinski definition) is 1. The minimum Gasteiger partial charge on any atom is -0.311 e. The van der Waals surface area contributed by atoms with Crippen LogP contribution in [0.3, 0.4) is 0 Å². The molecular formula is C20H23NO. The van der Waals surface area contributed by atoms with Crippen molar-refractivity contribution in [3.05, 3.63) is 60.2 Å². The molecule has 2 atom stereocenters. The van der Waals surface area contributed by atoms with Gasteiger partial charge in [0.25, 0.3) is 0 Å². The molecule has 2 aromatic carbocycles. The second-order valence-electron chi connectivity index (χ2n) is 6.28. The highest BCUT2D eigenvalue weighted by Gasteiger charge is 2.22. The van der Waals surface area contributed by atoms with E-state index in [0.717, 1.165) is 12.0 Å². The molecule has 0 radical (unpaired) electrons. The van der Waals surface area contributed by atoms with E-state index >= 15 is 0 Å². The summed E-state index contributed by atoms with van der Waals surface area (Å²) in [7, 11) is 0. The Labute approximate surface area is 132 Å². The molecule has 1 aliphatic rings. The predicted molar refractivity (Wildman–Crippen MR) is 90.8 cm³/mol. The molecule has 22 heavy (non-hydrogen) atoms. The van der Waals surface area contributed by atoms with Crippen molar-refractivity contribution >= 4 is 5.78 Å². The molecule has 0 amide bonds. The van der Waals surface area contributed by atoms with Crippen molar-refractivity contribution in [2.45, 2.75) is 44.7 Å². The van der Waals surface area contributed by atoms with Gasteiger partial charge in [0, 0.05) is 24.9 Å². The molecule has 3 rings (SSSR count). The number of nitrogens with one attached hydrogen (secondary N) is 1. The fourth-order valence-corrected chi connectivity index (χ4v) is 3.31. The van der Waals surface area contributed by atoms with Crippen molar-refractivity contribution in [2.75, 3.05) is 0 Å². The van der Waals surface area contributed by atoms with Gasteiger partial charge in [-0.2, -0.15) is 0 Å². The molecule has 1 fully saturated rings. The van der Waals surface area contributed by atoms with Gasteiger partial charge in [0.15, 0.2) is 0 Å². The van der Waals surface area contributed by atoms with E-state index in [1.54, 1.807) is 0 Å². The van der Waals surface area contributed by atoms with Crippen LogP contribution in [-0.2, 0) is 11.2 Å². The summed E-state index contributed by atoms with van der Waals surface area (Å²) in [6, 6.07) is 19.5. The van der Waals surface area contributed by atoms with Gasteiger partial charge < -0.3 is 5.32 Å². The summed E-state index contributed by atoms with van der Waals surface area (Å²) < 4.78 is 0. The van der Waals surface area contributed by atoms with Crippen LogP contribution in [0.1, 0.15) is 31.7 Å². The molecule has 1 N–H and O–H groups in total. The van der Waals surface area contributed by atoms with Crippen LogP contribution in [0.15, 0.2) is 54.6 Å². The summed E-state index contributed by atoms with van der Waals surface area (Å²) in [5.74, 6) is 0.329. The highest BCUT2D eigenvalue weighted by Crippen LogP contribution is 2.24. The monoisotopic (exact) mass is 293 g/mol. The van der Waals surface area contributed by atoms with E-state index in [0.29, 0.717) is 30.7 Å². The number of rotatable bonds is 5. The lowest BCUT2D eigenvalue weighted by Gasteiger charge is -2.13. The topological polar surface area (TPSA) is 29.1 Å². The van der Waals surface area contributed by atoms with Gasteiger partial charge in [0.2, 0.25) is 0 Å². The molecule has 0 saturated carbocycles. The molecule has 2 unspecified atom stereocenters. The highest BCUT2D eigenvalue weighted by atomic mass is 16.1. The van der Waals surface area contributed by atoms with Crippen LogP contribution in [0.5, 0.6) is 0 Å².